The number of carboxylic acid groups (broad SMARTS) is 1. The molecule has 0 radical (unpaired) electrons. The third-order valence-electron chi connectivity index (χ3n) is 4.61. The van der Waals surface area contributed by atoms with Gasteiger partial charge in [-0.2, -0.15) is 0 Å². The van der Waals surface area contributed by atoms with Gasteiger partial charge in [0.1, 0.15) is 12.4 Å². The molecule has 0 amide bonds. The first-order chi connectivity index (χ1) is 14.5. The van der Waals surface area contributed by atoms with Crippen molar-refractivity contribution < 1.29 is 38.1 Å². The Kier molecular flexibility index (Phi) is 7.87. The molecule has 3 rings (SSSR count). The number of esters is 1. The second-order valence-corrected chi connectivity index (χ2v) is 6.88. The van der Waals surface area contributed by atoms with E-state index in [1.165, 1.54) is 6.92 Å². The number of fused-ring (bicyclic) bond motifs is 1. The largest absolute Gasteiger partial charge is 0.479 e. The maximum absolute atomic E-state index is 11.0. The molecule has 0 aliphatic carbocycles. The summed E-state index contributed by atoms with van der Waals surface area (Å²) in [6.45, 7) is 2.17. The Morgan fingerprint density at radius 2 is 2.17 bits per heavy atom. The molecule has 2 heterocycles. The van der Waals surface area contributed by atoms with Crippen molar-refractivity contribution in [2.24, 2.45) is 0 Å². The van der Waals surface area contributed by atoms with Crippen LogP contribution in [0.4, 0.5) is 0 Å². The normalized spacial score (nSPS) is 16.8. The molecule has 1 aliphatic heterocycles. The Bertz CT molecular complexity index is 892. The highest BCUT2D eigenvalue weighted by molar-refractivity contribution is 5.89. The lowest BCUT2D eigenvalue weighted by atomic mass is 10.1. The van der Waals surface area contributed by atoms with Crippen molar-refractivity contribution in [3.05, 3.63) is 35.6 Å². The van der Waals surface area contributed by atoms with Crippen molar-refractivity contribution in [2.75, 3.05) is 26.4 Å². The molecule has 2 aromatic rings. The van der Waals surface area contributed by atoms with Crippen LogP contribution >= 0.6 is 0 Å². The monoisotopic (exact) mass is 418 g/mol. The second kappa shape index (κ2) is 10.8. The smallest absolute Gasteiger partial charge is 0.341 e. The minimum atomic E-state index is -1.07. The van der Waals surface area contributed by atoms with Crippen LogP contribution in [0.25, 0.3) is 17.0 Å². The van der Waals surface area contributed by atoms with Crippen molar-refractivity contribution in [2.45, 2.75) is 38.9 Å². The first-order valence-electron chi connectivity index (χ1n) is 9.96. The molecule has 30 heavy (non-hydrogen) atoms. The number of rotatable bonds is 10. The number of ether oxygens (including phenoxy) is 4. The molecule has 162 valence electrons. The molecule has 1 N–H and O–H groups in total. The summed E-state index contributed by atoms with van der Waals surface area (Å²) in [6, 6.07) is 5.34. The number of furan rings is 1. The quantitative estimate of drug-likeness (QED) is 0.584. The van der Waals surface area contributed by atoms with Gasteiger partial charge in [-0.3, -0.25) is 4.79 Å². The van der Waals surface area contributed by atoms with Crippen molar-refractivity contribution in [1.82, 2.24) is 0 Å². The zero-order valence-electron chi connectivity index (χ0n) is 16.9. The van der Waals surface area contributed by atoms with Gasteiger partial charge in [-0.15, -0.1) is 0 Å². The van der Waals surface area contributed by atoms with Crippen LogP contribution in [0, 0.1) is 0 Å². The van der Waals surface area contributed by atoms with Gasteiger partial charge in [0.15, 0.2) is 24.2 Å². The van der Waals surface area contributed by atoms with E-state index in [9.17, 15) is 9.59 Å². The predicted octanol–water partition coefficient (Wildman–Crippen LogP) is 3.56. The lowest BCUT2D eigenvalue weighted by Gasteiger charge is -2.22. The fourth-order valence-electron chi connectivity index (χ4n) is 3.26. The van der Waals surface area contributed by atoms with Gasteiger partial charge in [0.25, 0.3) is 0 Å². The summed E-state index contributed by atoms with van der Waals surface area (Å²) in [6.07, 6.45) is 6.84. The maximum Gasteiger partial charge on any atom is 0.341 e. The average Bonchev–Trinajstić information content (AvgIpc) is 3.08. The lowest BCUT2D eigenvalue weighted by molar-refractivity contribution is -0.161. The fourth-order valence-corrected chi connectivity index (χ4v) is 3.26. The lowest BCUT2D eigenvalue weighted by Crippen LogP contribution is -2.23. The van der Waals surface area contributed by atoms with Gasteiger partial charge >= 0.3 is 11.9 Å². The topological polar surface area (TPSA) is 104 Å². The summed E-state index contributed by atoms with van der Waals surface area (Å²) in [7, 11) is 0. The van der Waals surface area contributed by atoms with E-state index >= 15 is 0 Å². The summed E-state index contributed by atoms with van der Waals surface area (Å²) in [4.78, 5) is 21.8. The first-order valence-corrected chi connectivity index (χ1v) is 9.96. The standard InChI is InChI=1S/C22H26O8/c1-15(23)26-12-5-8-18-16(10-13-28-21-9-2-3-11-27-21)17-6-4-7-19(22(17)30-18)29-14-20(24)25/h4-8,21H,2-3,9-14H2,1H3,(H,24,25). The molecule has 1 aromatic carbocycles. The molecule has 1 aliphatic rings. The van der Waals surface area contributed by atoms with Crippen LogP contribution < -0.4 is 4.74 Å². The number of carbonyl (C=O) groups is 2. The highest BCUT2D eigenvalue weighted by Gasteiger charge is 2.18. The fraction of sp³-hybridized carbons (Fsp3) is 0.455. The van der Waals surface area contributed by atoms with Crippen LogP contribution in [0.2, 0.25) is 0 Å². The summed E-state index contributed by atoms with van der Waals surface area (Å²) in [5.41, 5.74) is 1.37. The van der Waals surface area contributed by atoms with Crippen LogP contribution in [0.1, 0.15) is 37.5 Å². The van der Waals surface area contributed by atoms with Gasteiger partial charge in [-0.25, -0.2) is 4.79 Å². The van der Waals surface area contributed by atoms with Crippen LogP contribution in [0.15, 0.2) is 28.7 Å². The van der Waals surface area contributed by atoms with E-state index in [4.69, 9.17) is 28.5 Å². The van der Waals surface area contributed by atoms with Crippen molar-refractivity contribution >= 4 is 29.0 Å². The van der Waals surface area contributed by atoms with Crippen molar-refractivity contribution in [3.8, 4) is 5.75 Å². The van der Waals surface area contributed by atoms with E-state index in [0.29, 0.717) is 36.7 Å². The van der Waals surface area contributed by atoms with Gasteiger partial charge in [0, 0.05) is 30.9 Å². The van der Waals surface area contributed by atoms with Gasteiger partial charge in [0.05, 0.1) is 6.61 Å². The molecule has 1 fully saturated rings. The van der Waals surface area contributed by atoms with Gasteiger partial charge in [0.2, 0.25) is 0 Å². The van der Waals surface area contributed by atoms with Crippen LogP contribution in [0.3, 0.4) is 0 Å². The Morgan fingerprint density at radius 1 is 1.30 bits per heavy atom. The van der Waals surface area contributed by atoms with E-state index in [2.05, 4.69) is 0 Å². The SMILES string of the molecule is CC(=O)OCC=Cc1oc2c(OCC(=O)O)cccc2c1CCOC1CCCCO1. The van der Waals surface area contributed by atoms with E-state index in [1.54, 1.807) is 24.3 Å². The number of benzene rings is 1. The highest BCUT2D eigenvalue weighted by atomic mass is 16.7. The summed E-state index contributed by atoms with van der Waals surface area (Å²) in [5, 5.41) is 9.72. The molecule has 8 heteroatoms. The molecule has 0 spiro atoms. The number of aliphatic carboxylic acids is 1. The summed E-state index contributed by atoms with van der Waals surface area (Å²) >= 11 is 0. The zero-order valence-corrected chi connectivity index (χ0v) is 16.9. The third kappa shape index (κ3) is 6.08. The molecule has 1 saturated heterocycles. The second-order valence-electron chi connectivity index (χ2n) is 6.88. The number of hydrogen-bond donors (Lipinski definition) is 1. The minimum absolute atomic E-state index is 0.126. The van der Waals surface area contributed by atoms with E-state index < -0.39 is 12.6 Å². The van der Waals surface area contributed by atoms with Crippen molar-refractivity contribution in [3.63, 3.8) is 0 Å². The van der Waals surface area contributed by atoms with Gasteiger partial charge in [-0.1, -0.05) is 12.1 Å². The zero-order chi connectivity index (χ0) is 21.3. The minimum Gasteiger partial charge on any atom is -0.479 e. The highest BCUT2D eigenvalue weighted by Crippen LogP contribution is 2.34. The average molecular weight is 418 g/mol. The molecule has 1 aromatic heterocycles. The maximum atomic E-state index is 11.0. The molecular weight excluding hydrogens is 392 g/mol. The molecule has 8 nitrogen and oxygen atoms in total. The Morgan fingerprint density at radius 3 is 2.90 bits per heavy atom. The first kappa shape index (κ1) is 21.9. The van der Waals surface area contributed by atoms with E-state index in [0.717, 1.165) is 30.2 Å². The predicted molar refractivity (Wildman–Crippen MR) is 108 cm³/mol. The van der Waals surface area contributed by atoms with Crippen LogP contribution in [-0.2, 0) is 30.2 Å². The molecule has 1 unspecified atom stereocenters. The Hall–Kier alpha value is -2.84. The summed E-state index contributed by atoms with van der Waals surface area (Å²) in [5.74, 6) is -0.500. The van der Waals surface area contributed by atoms with Gasteiger partial charge < -0.3 is 28.5 Å². The summed E-state index contributed by atoms with van der Waals surface area (Å²) < 4.78 is 27.7. The third-order valence-corrected chi connectivity index (χ3v) is 4.61. The van der Waals surface area contributed by atoms with Gasteiger partial charge in [-0.05, 0) is 37.5 Å². The van der Waals surface area contributed by atoms with Crippen LogP contribution in [-0.4, -0.2) is 49.8 Å². The van der Waals surface area contributed by atoms with E-state index in [-0.39, 0.29) is 18.9 Å². The molecule has 0 bridgehead atoms. The number of para-hydroxylation sites is 1. The molecule has 1 atom stereocenters. The Labute approximate surface area is 174 Å². The molecule has 0 saturated carbocycles. The number of hydrogen-bond acceptors (Lipinski definition) is 7. The van der Waals surface area contributed by atoms with Crippen LogP contribution in [0.5, 0.6) is 5.75 Å². The van der Waals surface area contributed by atoms with Crippen molar-refractivity contribution in [1.29, 1.82) is 0 Å². The number of carbonyl (C=O) groups excluding carboxylic acids is 1. The number of carboxylic acids is 1. The van der Waals surface area contributed by atoms with E-state index in [1.807, 2.05) is 6.07 Å². The molecular formula is C22H26O8. The Balaban J connectivity index is 1.80.